The topological polar surface area (TPSA) is 77.2 Å². The molecule has 0 aliphatic rings. The first kappa shape index (κ1) is 19.2. The fourth-order valence-corrected chi connectivity index (χ4v) is 3.03. The minimum Gasteiger partial charge on any atom is -0.482 e. The molecule has 1 aromatic heterocycles. The Morgan fingerprint density at radius 3 is 2.78 bits per heavy atom. The number of nitrogens with zero attached hydrogens (tertiary/aromatic N) is 1. The number of nitrogen functional groups attached to an aromatic ring is 1. The van der Waals surface area contributed by atoms with Gasteiger partial charge in [0, 0.05) is 28.0 Å². The Hall–Kier alpha value is -2.57. The summed E-state index contributed by atoms with van der Waals surface area (Å²) in [6.45, 7) is 1.88. The molecule has 0 aliphatic heterocycles. The van der Waals surface area contributed by atoms with E-state index < -0.39 is 0 Å². The third-order valence-electron chi connectivity index (χ3n) is 3.85. The lowest BCUT2D eigenvalue weighted by molar-refractivity contribution is 0.102. The van der Waals surface area contributed by atoms with Crippen molar-refractivity contribution in [2.45, 2.75) is 13.0 Å². The molecule has 2 aromatic carbocycles. The minimum absolute atomic E-state index is 0.190. The van der Waals surface area contributed by atoms with Gasteiger partial charge >= 0.3 is 0 Å². The van der Waals surface area contributed by atoms with Crippen molar-refractivity contribution in [1.82, 2.24) is 4.98 Å². The van der Waals surface area contributed by atoms with Crippen molar-refractivity contribution >= 4 is 44.9 Å². The molecule has 0 radical (unpaired) electrons. The molecule has 3 rings (SSSR count). The summed E-state index contributed by atoms with van der Waals surface area (Å²) in [5, 5.41) is 3.34. The third-order valence-corrected chi connectivity index (χ3v) is 4.55. The SMILES string of the molecule is CC(Oc1cc(Cl)cnc1N)c1cccc(NC(=O)c2cccc(Br)c2)c1. The first-order valence-electron chi connectivity index (χ1n) is 8.17. The number of benzene rings is 2. The van der Waals surface area contributed by atoms with Crippen LogP contribution in [-0.4, -0.2) is 10.9 Å². The monoisotopic (exact) mass is 445 g/mol. The third kappa shape index (κ3) is 4.99. The second kappa shape index (κ2) is 8.41. The summed E-state index contributed by atoms with van der Waals surface area (Å²) < 4.78 is 6.73. The van der Waals surface area contributed by atoms with Gasteiger partial charge in [0.25, 0.3) is 5.91 Å². The van der Waals surface area contributed by atoms with Crippen LogP contribution in [0.3, 0.4) is 0 Å². The van der Waals surface area contributed by atoms with Crippen molar-refractivity contribution in [2.24, 2.45) is 0 Å². The van der Waals surface area contributed by atoms with Gasteiger partial charge < -0.3 is 15.8 Å². The molecular formula is C20H17BrClN3O2. The molecule has 0 fully saturated rings. The van der Waals surface area contributed by atoms with E-state index in [1.165, 1.54) is 6.20 Å². The van der Waals surface area contributed by atoms with Crippen LogP contribution in [0.15, 0.2) is 65.3 Å². The van der Waals surface area contributed by atoms with Crippen molar-refractivity contribution in [2.75, 3.05) is 11.1 Å². The number of nitrogens with one attached hydrogen (secondary N) is 1. The Labute approximate surface area is 170 Å². The molecule has 7 heteroatoms. The van der Waals surface area contributed by atoms with Gasteiger partial charge in [-0.3, -0.25) is 4.79 Å². The highest BCUT2D eigenvalue weighted by Gasteiger charge is 2.13. The van der Waals surface area contributed by atoms with E-state index in [2.05, 4.69) is 26.2 Å². The van der Waals surface area contributed by atoms with Gasteiger partial charge in [-0.1, -0.05) is 45.7 Å². The molecule has 1 atom stereocenters. The predicted octanol–water partition coefficient (Wildman–Crippen LogP) is 5.47. The molecule has 138 valence electrons. The largest absolute Gasteiger partial charge is 0.482 e. The van der Waals surface area contributed by atoms with Crippen LogP contribution in [0, 0.1) is 0 Å². The number of carbonyl (C=O) groups excluding carboxylic acids is 1. The van der Waals surface area contributed by atoms with Crippen LogP contribution in [-0.2, 0) is 0 Å². The molecule has 0 saturated carbocycles. The van der Waals surface area contributed by atoms with Gasteiger partial charge in [-0.05, 0) is 42.8 Å². The highest BCUT2D eigenvalue weighted by molar-refractivity contribution is 9.10. The molecule has 1 amide bonds. The Morgan fingerprint density at radius 1 is 1.22 bits per heavy atom. The second-order valence-corrected chi connectivity index (χ2v) is 7.24. The van der Waals surface area contributed by atoms with Crippen molar-refractivity contribution in [3.8, 4) is 5.75 Å². The van der Waals surface area contributed by atoms with Crippen molar-refractivity contribution in [1.29, 1.82) is 0 Å². The Balaban J connectivity index is 1.74. The Bertz CT molecular complexity index is 981. The molecule has 27 heavy (non-hydrogen) atoms. The van der Waals surface area contributed by atoms with E-state index >= 15 is 0 Å². The van der Waals surface area contributed by atoms with Crippen LogP contribution in [0.4, 0.5) is 11.5 Å². The van der Waals surface area contributed by atoms with Crippen LogP contribution in [0.2, 0.25) is 5.02 Å². The zero-order valence-corrected chi connectivity index (χ0v) is 16.8. The molecule has 3 aromatic rings. The van der Waals surface area contributed by atoms with Gasteiger partial charge in [0.15, 0.2) is 11.6 Å². The van der Waals surface area contributed by atoms with Crippen LogP contribution < -0.4 is 15.8 Å². The Kier molecular flexibility index (Phi) is 5.98. The number of anilines is 2. The summed E-state index contributed by atoms with van der Waals surface area (Å²) in [5.41, 5.74) is 7.95. The minimum atomic E-state index is -0.310. The number of nitrogens with two attached hydrogens (primary N) is 1. The standard InChI is InChI=1S/C20H17BrClN3O2/c1-12(27-18-10-16(22)11-24-19(18)23)13-4-3-7-17(9-13)25-20(26)14-5-2-6-15(21)8-14/h2-12H,1H3,(H2,23,24)(H,25,26). The molecule has 0 spiro atoms. The Morgan fingerprint density at radius 2 is 2.00 bits per heavy atom. The number of hydrogen-bond donors (Lipinski definition) is 2. The van der Waals surface area contributed by atoms with Gasteiger partial charge in [-0.2, -0.15) is 0 Å². The van der Waals surface area contributed by atoms with E-state index in [1.807, 2.05) is 43.3 Å². The van der Waals surface area contributed by atoms with E-state index in [9.17, 15) is 4.79 Å². The normalized spacial score (nSPS) is 11.7. The number of carbonyl (C=O) groups is 1. The van der Waals surface area contributed by atoms with Gasteiger partial charge in [-0.25, -0.2) is 4.98 Å². The lowest BCUT2D eigenvalue weighted by atomic mass is 10.1. The highest BCUT2D eigenvalue weighted by atomic mass is 79.9. The van der Waals surface area contributed by atoms with Crippen LogP contribution in [0.5, 0.6) is 5.75 Å². The zero-order chi connectivity index (χ0) is 19.4. The zero-order valence-electron chi connectivity index (χ0n) is 14.4. The molecule has 0 aliphatic carbocycles. The van der Waals surface area contributed by atoms with Crippen molar-refractivity contribution in [3.63, 3.8) is 0 Å². The average molecular weight is 447 g/mol. The van der Waals surface area contributed by atoms with Gasteiger partial charge in [0.1, 0.15) is 6.10 Å². The summed E-state index contributed by atoms with van der Waals surface area (Å²) in [6, 6.07) is 16.3. The maximum Gasteiger partial charge on any atom is 0.255 e. The number of halogens is 2. The van der Waals surface area contributed by atoms with Gasteiger partial charge in [0.05, 0.1) is 5.02 Å². The smallest absolute Gasteiger partial charge is 0.255 e. The van der Waals surface area contributed by atoms with Crippen LogP contribution >= 0.6 is 27.5 Å². The second-order valence-electron chi connectivity index (χ2n) is 5.89. The average Bonchev–Trinajstić information content (AvgIpc) is 2.65. The first-order chi connectivity index (χ1) is 12.9. The van der Waals surface area contributed by atoms with E-state index in [0.29, 0.717) is 22.0 Å². The summed E-state index contributed by atoms with van der Waals surface area (Å²) in [4.78, 5) is 16.4. The maximum absolute atomic E-state index is 12.4. The van der Waals surface area contributed by atoms with Crippen molar-refractivity contribution in [3.05, 3.63) is 81.4 Å². The number of hydrogen-bond acceptors (Lipinski definition) is 4. The molecule has 1 unspecified atom stereocenters. The summed E-state index contributed by atoms with van der Waals surface area (Å²) in [6.07, 6.45) is 1.15. The highest BCUT2D eigenvalue weighted by Crippen LogP contribution is 2.29. The van der Waals surface area contributed by atoms with Gasteiger partial charge in [0.2, 0.25) is 0 Å². The van der Waals surface area contributed by atoms with Gasteiger partial charge in [-0.15, -0.1) is 0 Å². The number of amides is 1. The molecular weight excluding hydrogens is 430 g/mol. The molecule has 0 saturated heterocycles. The lowest BCUT2D eigenvalue weighted by Gasteiger charge is -2.17. The van der Waals surface area contributed by atoms with Crippen LogP contribution in [0.1, 0.15) is 28.9 Å². The number of pyridine rings is 1. The quantitative estimate of drug-likeness (QED) is 0.544. The van der Waals surface area contributed by atoms with E-state index in [1.54, 1.807) is 18.2 Å². The fourth-order valence-electron chi connectivity index (χ4n) is 2.49. The maximum atomic E-state index is 12.4. The molecule has 0 bridgehead atoms. The number of aromatic nitrogens is 1. The summed E-state index contributed by atoms with van der Waals surface area (Å²) >= 11 is 9.32. The summed E-state index contributed by atoms with van der Waals surface area (Å²) in [7, 11) is 0. The van der Waals surface area contributed by atoms with Crippen molar-refractivity contribution < 1.29 is 9.53 Å². The number of rotatable bonds is 5. The first-order valence-corrected chi connectivity index (χ1v) is 9.34. The summed E-state index contributed by atoms with van der Waals surface area (Å²) in [5.74, 6) is 0.495. The molecule has 3 N–H and O–H groups in total. The lowest BCUT2D eigenvalue weighted by Crippen LogP contribution is -2.12. The van der Waals surface area contributed by atoms with E-state index in [-0.39, 0.29) is 17.8 Å². The van der Waals surface area contributed by atoms with E-state index in [4.69, 9.17) is 22.1 Å². The predicted molar refractivity (Wildman–Crippen MR) is 111 cm³/mol. The van der Waals surface area contributed by atoms with Crippen LogP contribution in [0.25, 0.3) is 0 Å². The van der Waals surface area contributed by atoms with E-state index in [0.717, 1.165) is 10.0 Å². The number of ether oxygens (including phenoxy) is 1. The molecule has 5 nitrogen and oxygen atoms in total. The molecule has 1 heterocycles. The fraction of sp³-hybridized carbons (Fsp3) is 0.100.